The SMILES string of the molecule is Cc1ccc(Cl)c(OCCN2CCO[C@@H](CCN)C2)c1. The van der Waals surface area contributed by atoms with Crippen LogP contribution in [-0.4, -0.2) is 50.4 Å². The van der Waals surface area contributed by atoms with Crippen LogP contribution in [0.5, 0.6) is 5.75 Å². The highest BCUT2D eigenvalue weighted by Gasteiger charge is 2.19. The van der Waals surface area contributed by atoms with Crippen molar-refractivity contribution in [3.63, 3.8) is 0 Å². The third-order valence-electron chi connectivity index (χ3n) is 3.46. The molecule has 0 saturated carbocycles. The standard InChI is InChI=1S/C15H23ClN2O2/c1-12-2-3-14(16)15(10-12)20-9-7-18-6-8-19-13(11-18)4-5-17/h2-3,10,13H,4-9,11,17H2,1H3/t13-/m0/s1. The number of ether oxygens (including phenoxy) is 2. The van der Waals surface area contributed by atoms with Gasteiger partial charge in [-0.3, -0.25) is 4.90 Å². The molecular formula is C15H23ClN2O2. The summed E-state index contributed by atoms with van der Waals surface area (Å²) in [5.74, 6) is 0.762. The van der Waals surface area contributed by atoms with Crippen molar-refractivity contribution in [2.75, 3.05) is 39.4 Å². The van der Waals surface area contributed by atoms with Crippen molar-refractivity contribution in [2.45, 2.75) is 19.4 Å². The molecule has 0 radical (unpaired) electrons. The minimum absolute atomic E-state index is 0.260. The summed E-state index contributed by atoms with van der Waals surface area (Å²) in [7, 11) is 0. The van der Waals surface area contributed by atoms with Crippen LogP contribution >= 0.6 is 11.6 Å². The van der Waals surface area contributed by atoms with Crippen molar-refractivity contribution >= 4 is 11.6 Å². The second-order valence-electron chi connectivity index (χ2n) is 5.15. The first-order valence-corrected chi connectivity index (χ1v) is 7.50. The molecule has 112 valence electrons. The Bertz CT molecular complexity index is 426. The fourth-order valence-corrected chi connectivity index (χ4v) is 2.52. The topological polar surface area (TPSA) is 47.7 Å². The van der Waals surface area contributed by atoms with Gasteiger partial charge in [0.25, 0.3) is 0 Å². The van der Waals surface area contributed by atoms with Crippen molar-refractivity contribution < 1.29 is 9.47 Å². The highest BCUT2D eigenvalue weighted by molar-refractivity contribution is 6.32. The summed E-state index contributed by atoms with van der Waals surface area (Å²) in [6, 6.07) is 5.83. The van der Waals surface area contributed by atoms with E-state index in [2.05, 4.69) is 4.90 Å². The zero-order valence-electron chi connectivity index (χ0n) is 12.0. The molecule has 1 fully saturated rings. The molecule has 2 rings (SSSR count). The summed E-state index contributed by atoms with van der Waals surface area (Å²) in [5, 5.41) is 0.665. The largest absolute Gasteiger partial charge is 0.491 e. The van der Waals surface area contributed by atoms with E-state index < -0.39 is 0 Å². The Labute approximate surface area is 125 Å². The normalized spacial score (nSPS) is 20.1. The van der Waals surface area contributed by atoms with Crippen LogP contribution < -0.4 is 10.5 Å². The molecule has 1 aliphatic rings. The van der Waals surface area contributed by atoms with Gasteiger partial charge in [-0.15, -0.1) is 0 Å². The highest BCUT2D eigenvalue weighted by atomic mass is 35.5. The number of morpholine rings is 1. The van der Waals surface area contributed by atoms with E-state index in [4.69, 9.17) is 26.8 Å². The van der Waals surface area contributed by atoms with Crippen LogP contribution in [0.2, 0.25) is 5.02 Å². The van der Waals surface area contributed by atoms with Gasteiger partial charge in [-0.2, -0.15) is 0 Å². The van der Waals surface area contributed by atoms with E-state index >= 15 is 0 Å². The van der Waals surface area contributed by atoms with E-state index in [1.165, 1.54) is 0 Å². The van der Waals surface area contributed by atoms with E-state index in [0.29, 0.717) is 18.2 Å². The fraction of sp³-hybridized carbons (Fsp3) is 0.600. The maximum Gasteiger partial charge on any atom is 0.138 e. The first-order valence-electron chi connectivity index (χ1n) is 7.12. The molecule has 1 heterocycles. The van der Waals surface area contributed by atoms with E-state index in [-0.39, 0.29) is 6.10 Å². The lowest BCUT2D eigenvalue weighted by Crippen LogP contribution is -2.44. The third-order valence-corrected chi connectivity index (χ3v) is 3.78. The smallest absolute Gasteiger partial charge is 0.138 e. The molecule has 0 spiro atoms. The number of nitrogens with zero attached hydrogens (tertiary/aromatic N) is 1. The van der Waals surface area contributed by atoms with Gasteiger partial charge in [0.2, 0.25) is 0 Å². The maximum atomic E-state index is 6.11. The Morgan fingerprint density at radius 1 is 1.50 bits per heavy atom. The minimum atomic E-state index is 0.260. The second kappa shape index (κ2) is 7.84. The number of nitrogens with two attached hydrogens (primary N) is 1. The van der Waals surface area contributed by atoms with Gasteiger partial charge in [0.05, 0.1) is 17.7 Å². The Kier molecular flexibility index (Phi) is 6.10. The number of aryl methyl sites for hydroxylation is 1. The van der Waals surface area contributed by atoms with Crippen LogP contribution in [-0.2, 0) is 4.74 Å². The first kappa shape index (κ1) is 15.6. The van der Waals surface area contributed by atoms with Gasteiger partial charge in [-0.05, 0) is 37.6 Å². The predicted molar refractivity (Wildman–Crippen MR) is 81.5 cm³/mol. The molecule has 0 aliphatic carbocycles. The summed E-state index contributed by atoms with van der Waals surface area (Å²) in [6.07, 6.45) is 1.18. The number of hydrogen-bond donors (Lipinski definition) is 1. The van der Waals surface area contributed by atoms with Gasteiger partial charge in [-0.1, -0.05) is 17.7 Å². The zero-order valence-corrected chi connectivity index (χ0v) is 12.7. The molecule has 0 amide bonds. The molecule has 1 saturated heterocycles. The first-order chi connectivity index (χ1) is 9.69. The summed E-state index contributed by atoms with van der Waals surface area (Å²) in [4.78, 5) is 2.35. The summed E-state index contributed by atoms with van der Waals surface area (Å²) in [5.41, 5.74) is 6.73. The van der Waals surface area contributed by atoms with Crippen LogP contribution in [0.3, 0.4) is 0 Å². The number of hydrogen-bond acceptors (Lipinski definition) is 4. The van der Waals surface area contributed by atoms with Gasteiger partial charge < -0.3 is 15.2 Å². The van der Waals surface area contributed by atoms with Crippen molar-refractivity contribution in [3.05, 3.63) is 28.8 Å². The second-order valence-corrected chi connectivity index (χ2v) is 5.56. The highest BCUT2D eigenvalue weighted by Crippen LogP contribution is 2.25. The van der Waals surface area contributed by atoms with Crippen molar-refractivity contribution in [2.24, 2.45) is 5.73 Å². The quantitative estimate of drug-likeness (QED) is 0.873. The van der Waals surface area contributed by atoms with Crippen molar-refractivity contribution in [1.29, 1.82) is 0 Å². The average Bonchev–Trinajstić information content (AvgIpc) is 2.43. The Morgan fingerprint density at radius 2 is 2.35 bits per heavy atom. The van der Waals surface area contributed by atoms with E-state index in [0.717, 1.165) is 44.0 Å². The Balaban J connectivity index is 1.76. The van der Waals surface area contributed by atoms with Crippen LogP contribution in [0.15, 0.2) is 18.2 Å². The lowest BCUT2D eigenvalue weighted by molar-refractivity contribution is -0.0334. The van der Waals surface area contributed by atoms with Gasteiger partial charge >= 0.3 is 0 Å². The summed E-state index contributed by atoms with van der Waals surface area (Å²) >= 11 is 6.11. The molecular weight excluding hydrogens is 276 g/mol. The van der Waals surface area contributed by atoms with Gasteiger partial charge in [-0.25, -0.2) is 0 Å². The lowest BCUT2D eigenvalue weighted by Gasteiger charge is -2.32. The average molecular weight is 299 g/mol. The molecule has 1 atom stereocenters. The molecule has 1 aromatic rings. The lowest BCUT2D eigenvalue weighted by atomic mass is 10.2. The fourth-order valence-electron chi connectivity index (χ4n) is 2.35. The van der Waals surface area contributed by atoms with Crippen molar-refractivity contribution in [3.8, 4) is 5.75 Å². The van der Waals surface area contributed by atoms with E-state index in [1.54, 1.807) is 0 Å². The molecule has 4 nitrogen and oxygen atoms in total. The molecule has 5 heteroatoms. The number of benzene rings is 1. The Morgan fingerprint density at radius 3 is 3.15 bits per heavy atom. The molecule has 1 aliphatic heterocycles. The number of rotatable bonds is 6. The van der Waals surface area contributed by atoms with Crippen LogP contribution in [0.1, 0.15) is 12.0 Å². The molecule has 1 aromatic carbocycles. The van der Waals surface area contributed by atoms with Crippen LogP contribution in [0.4, 0.5) is 0 Å². The monoisotopic (exact) mass is 298 g/mol. The van der Waals surface area contributed by atoms with E-state index in [9.17, 15) is 0 Å². The van der Waals surface area contributed by atoms with Gasteiger partial charge in [0.15, 0.2) is 0 Å². The van der Waals surface area contributed by atoms with Gasteiger partial charge in [0.1, 0.15) is 12.4 Å². The Hall–Kier alpha value is -0.810. The maximum absolute atomic E-state index is 6.11. The summed E-state index contributed by atoms with van der Waals surface area (Å²) < 4.78 is 11.4. The molecule has 0 unspecified atom stereocenters. The van der Waals surface area contributed by atoms with E-state index in [1.807, 2.05) is 25.1 Å². The molecule has 0 aromatic heterocycles. The number of halogens is 1. The predicted octanol–water partition coefficient (Wildman–Crippen LogP) is 2.08. The van der Waals surface area contributed by atoms with Crippen LogP contribution in [0, 0.1) is 6.92 Å². The molecule has 2 N–H and O–H groups in total. The summed E-state index contributed by atoms with van der Waals surface area (Å²) in [6.45, 7) is 6.88. The third kappa shape index (κ3) is 4.63. The minimum Gasteiger partial charge on any atom is -0.491 e. The zero-order chi connectivity index (χ0) is 14.4. The van der Waals surface area contributed by atoms with Gasteiger partial charge in [0, 0.05) is 19.6 Å². The van der Waals surface area contributed by atoms with Crippen LogP contribution in [0.25, 0.3) is 0 Å². The molecule has 0 bridgehead atoms. The molecule has 20 heavy (non-hydrogen) atoms. The van der Waals surface area contributed by atoms with Crippen molar-refractivity contribution in [1.82, 2.24) is 4.90 Å².